The van der Waals surface area contributed by atoms with Gasteiger partial charge in [-0.2, -0.15) is 0 Å². The van der Waals surface area contributed by atoms with Crippen LogP contribution in [0.1, 0.15) is 30.4 Å². The highest BCUT2D eigenvalue weighted by atomic mass is 16.2. The molecule has 5 heteroatoms. The highest BCUT2D eigenvalue weighted by molar-refractivity contribution is 5.98. The number of carbonyl (C=O) groups is 2. The van der Waals surface area contributed by atoms with E-state index in [1.807, 2.05) is 29.2 Å². The molecule has 5 nitrogen and oxygen atoms in total. The first kappa shape index (κ1) is 20.6. The van der Waals surface area contributed by atoms with E-state index in [4.69, 9.17) is 0 Å². The molecule has 0 aromatic heterocycles. The summed E-state index contributed by atoms with van der Waals surface area (Å²) in [6.07, 6.45) is 4.39. The summed E-state index contributed by atoms with van der Waals surface area (Å²) in [7, 11) is 0. The summed E-state index contributed by atoms with van der Waals surface area (Å²) in [6, 6.07) is 20.8. The summed E-state index contributed by atoms with van der Waals surface area (Å²) >= 11 is 0. The molecule has 2 saturated heterocycles. The summed E-state index contributed by atoms with van der Waals surface area (Å²) in [5.74, 6) is 0.0714. The van der Waals surface area contributed by atoms with Gasteiger partial charge < -0.3 is 15.1 Å². The maximum atomic E-state index is 12.9. The molecule has 2 fully saturated rings. The molecule has 2 aromatic rings. The van der Waals surface area contributed by atoms with Gasteiger partial charge in [0.25, 0.3) is 0 Å². The monoisotopic (exact) mass is 405 g/mol. The second-order valence-electron chi connectivity index (χ2n) is 8.43. The number of carbonyl (C=O) groups excluding carboxylic acids is 2. The summed E-state index contributed by atoms with van der Waals surface area (Å²) < 4.78 is 0. The normalized spacial score (nSPS) is 19.1. The van der Waals surface area contributed by atoms with E-state index in [-0.39, 0.29) is 18.4 Å². The zero-order valence-corrected chi connectivity index (χ0v) is 17.6. The number of hydrogen-bond acceptors (Lipinski definition) is 3. The highest BCUT2D eigenvalue weighted by Gasteiger charge is 2.50. The third-order valence-electron chi connectivity index (χ3n) is 6.57. The number of hydrogen-bond donors (Lipinski definition) is 1. The molecule has 2 heterocycles. The van der Waals surface area contributed by atoms with Gasteiger partial charge in [-0.25, -0.2) is 0 Å². The van der Waals surface area contributed by atoms with Gasteiger partial charge >= 0.3 is 0 Å². The fourth-order valence-corrected chi connectivity index (χ4v) is 4.80. The van der Waals surface area contributed by atoms with Gasteiger partial charge in [0.05, 0.1) is 6.54 Å². The van der Waals surface area contributed by atoms with Crippen molar-refractivity contribution in [3.05, 3.63) is 71.8 Å². The van der Waals surface area contributed by atoms with Crippen LogP contribution in [0.25, 0.3) is 0 Å². The van der Waals surface area contributed by atoms with Crippen molar-refractivity contribution in [3.63, 3.8) is 0 Å². The lowest BCUT2D eigenvalue weighted by molar-refractivity contribution is -0.157. The number of rotatable bonds is 7. The second kappa shape index (κ2) is 9.43. The fraction of sp³-hybridized carbons (Fsp3) is 0.440. The first-order valence-electron chi connectivity index (χ1n) is 11.1. The average molecular weight is 406 g/mol. The van der Waals surface area contributed by atoms with Crippen LogP contribution in [0.15, 0.2) is 60.7 Å². The Hall–Kier alpha value is -2.66. The van der Waals surface area contributed by atoms with Gasteiger partial charge in [-0.1, -0.05) is 60.7 Å². The molecule has 0 radical (unpaired) electrons. The van der Waals surface area contributed by atoms with Crippen molar-refractivity contribution in [2.24, 2.45) is 0 Å². The number of benzene rings is 2. The lowest BCUT2D eigenvalue weighted by Crippen LogP contribution is -2.70. The molecule has 0 saturated carbocycles. The van der Waals surface area contributed by atoms with Crippen molar-refractivity contribution in [2.45, 2.75) is 37.6 Å². The van der Waals surface area contributed by atoms with Crippen LogP contribution in [-0.2, 0) is 22.4 Å². The van der Waals surface area contributed by atoms with Crippen LogP contribution in [0.3, 0.4) is 0 Å². The largest absolute Gasteiger partial charge is 0.345 e. The van der Waals surface area contributed by atoms with Crippen LogP contribution in [0.4, 0.5) is 0 Å². The van der Waals surface area contributed by atoms with Gasteiger partial charge in [0.1, 0.15) is 5.54 Å². The average Bonchev–Trinajstić information content (AvgIpc) is 2.79. The van der Waals surface area contributed by atoms with Gasteiger partial charge in [-0.3, -0.25) is 9.59 Å². The summed E-state index contributed by atoms with van der Waals surface area (Å²) in [5.41, 5.74) is 1.89. The Balaban J connectivity index is 1.35. The van der Waals surface area contributed by atoms with E-state index < -0.39 is 5.54 Å². The van der Waals surface area contributed by atoms with E-state index in [0.29, 0.717) is 19.4 Å². The Kier molecular flexibility index (Phi) is 6.48. The van der Waals surface area contributed by atoms with E-state index in [1.54, 1.807) is 0 Å². The Bertz CT molecular complexity index is 845. The molecule has 0 unspecified atom stereocenters. The Morgan fingerprint density at radius 1 is 0.800 bits per heavy atom. The molecule has 0 atom stereocenters. The van der Waals surface area contributed by atoms with Crippen LogP contribution < -0.4 is 5.32 Å². The third kappa shape index (κ3) is 4.57. The van der Waals surface area contributed by atoms with Crippen LogP contribution in [-0.4, -0.2) is 59.9 Å². The summed E-state index contributed by atoms with van der Waals surface area (Å²) in [6.45, 7) is 3.47. The first-order valence-corrected chi connectivity index (χ1v) is 11.1. The molecule has 2 aromatic carbocycles. The fourth-order valence-electron chi connectivity index (χ4n) is 4.80. The van der Waals surface area contributed by atoms with E-state index in [9.17, 15) is 9.59 Å². The van der Waals surface area contributed by atoms with E-state index >= 15 is 0 Å². The van der Waals surface area contributed by atoms with Crippen LogP contribution >= 0.6 is 0 Å². The van der Waals surface area contributed by atoms with Crippen LogP contribution in [0.5, 0.6) is 0 Å². The number of nitrogens with one attached hydrogen (secondary N) is 1. The first-order chi connectivity index (χ1) is 14.7. The van der Waals surface area contributed by atoms with E-state index in [2.05, 4.69) is 46.6 Å². The lowest BCUT2D eigenvalue weighted by Gasteiger charge is -2.50. The minimum absolute atomic E-state index is 0.0269. The van der Waals surface area contributed by atoms with Gasteiger partial charge in [0.2, 0.25) is 11.8 Å². The molecule has 2 amide bonds. The Morgan fingerprint density at radius 3 is 2.03 bits per heavy atom. The van der Waals surface area contributed by atoms with Gasteiger partial charge in [-0.05, 0) is 49.8 Å². The molecule has 2 aliphatic rings. The van der Waals surface area contributed by atoms with E-state index in [0.717, 1.165) is 38.9 Å². The number of piperidine rings is 1. The summed E-state index contributed by atoms with van der Waals surface area (Å²) in [5, 5.41) is 2.85. The van der Waals surface area contributed by atoms with Gasteiger partial charge in [0.15, 0.2) is 0 Å². The molecule has 30 heavy (non-hydrogen) atoms. The highest BCUT2D eigenvalue weighted by Crippen LogP contribution is 2.32. The number of amides is 2. The Morgan fingerprint density at radius 2 is 1.40 bits per heavy atom. The van der Waals surface area contributed by atoms with E-state index in [1.165, 1.54) is 11.1 Å². The van der Waals surface area contributed by atoms with Gasteiger partial charge in [-0.15, -0.1) is 0 Å². The number of nitrogens with zero attached hydrogens (tertiary/aromatic N) is 2. The molecule has 158 valence electrons. The topological polar surface area (TPSA) is 52.7 Å². The number of aryl methyl sites for hydroxylation is 1. The number of piperazine rings is 1. The maximum Gasteiger partial charge on any atom is 0.246 e. The number of likely N-dealkylation sites (tertiary alicyclic amines) is 1. The van der Waals surface area contributed by atoms with Crippen LogP contribution in [0, 0.1) is 0 Å². The van der Waals surface area contributed by atoms with Crippen molar-refractivity contribution in [1.82, 2.24) is 15.1 Å². The predicted molar refractivity (Wildman–Crippen MR) is 118 cm³/mol. The zero-order chi connectivity index (χ0) is 20.8. The predicted octanol–water partition coefficient (Wildman–Crippen LogP) is 2.65. The summed E-state index contributed by atoms with van der Waals surface area (Å²) in [4.78, 5) is 30.0. The quantitative estimate of drug-likeness (QED) is 0.771. The smallest absolute Gasteiger partial charge is 0.246 e. The second-order valence-corrected chi connectivity index (χ2v) is 8.43. The Labute approximate surface area is 179 Å². The van der Waals surface area contributed by atoms with Crippen LogP contribution in [0.2, 0.25) is 0 Å². The standard InChI is InChI=1S/C25H31N3O2/c29-23-20-26-24(30)25(28(23)17-13-22-10-5-2-6-11-22)14-18-27(19-15-25)16-7-12-21-8-3-1-4-9-21/h1-6,8-11H,7,12-20H2,(H,26,30). The molecule has 0 bridgehead atoms. The molecular weight excluding hydrogens is 374 g/mol. The maximum absolute atomic E-state index is 12.9. The van der Waals surface area contributed by atoms with Crippen molar-refractivity contribution in [1.29, 1.82) is 0 Å². The minimum atomic E-state index is -0.681. The minimum Gasteiger partial charge on any atom is -0.345 e. The molecule has 1 N–H and O–H groups in total. The molecule has 4 rings (SSSR count). The van der Waals surface area contributed by atoms with Crippen molar-refractivity contribution in [2.75, 3.05) is 32.7 Å². The van der Waals surface area contributed by atoms with Crippen molar-refractivity contribution >= 4 is 11.8 Å². The SMILES string of the molecule is O=C1CNC(=O)C2(CCN(CCCc3ccccc3)CC2)N1CCc1ccccc1. The third-order valence-corrected chi connectivity index (χ3v) is 6.57. The lowest BCUT2D eigenvalue weighted by atomic mass is 9.82. The molecule has 0 aliphatic carbocycles. The molecule has 1 spiro atoms. The van der Waals surface area contributed by atoms with Crippen molar-refractivity contribution in [3.8, 4) is 0 Å². The molecule has 2 aliphatic heterocycles. The van der Waals surface area contributed by atoms with Gasteiger partial charge in [0, 0.05) is 19.6 Å². The van der Waals surface area contributed by atoms with Crippen molar-refractivity contribution < 1.29 is 9.59 Å². The zero-order valence-electron chi connectivity index (χ0n) is 17.6. The molecular formula is C25H31N3O2.